The van der Waals surface area contributed by atoms with Gasteiger partial charge in [0.2, 0.25) is 0 Å². The van der Waals surface area contributed by atoms with Crippen LogP contribution in [0.3, 0.4) is 0 Å². The average Bonchev–Trinajstić information content (AvgIpc) is 2.08. The zero-order valence-electron chi connectivity index (χ0n) is 7.79. The fourth-order valence-electron chi connectivity index (χ4n) is 1.46. The minimum absolute atomic E-state index is 0.0332. The Morgan fingerprint density at radius 3 is 2.46 bits per heavy atom. The molecule has 0 aromatic carbocycles. The van der Waals surface area contributed by atoms with Gasteiger partial charge in [0.1, 0.15) is 9.84 Å². The Bertz CT molecular complexity index is 288. The van der Waals surface area contributed by atoms with Crippen LogP contribution in [0.1, 0.15) is 19.8 Å². The highest BCUT2D eigenvalue weighted by Crippen LogP contribution is 2.12. The molecule has 1 aliphatic heterocycles. The molecule has 4 heteroatoms. The van der Waals surface area contributed by atoms with Crippen molar-refractivity contribution in [2.45, 2.75) is 31.8 Å². The van der Waals surface area contributed by atoms with Gasteiger partial charge in [-0.15, -0.1) is 6.42 Å². The van der Waals surface area contributed by atoms with E-state index in [-0.39, 0.29) is 12.1 Å². The number of hydrogen-bond acceptors (Lipinski definition) is 3. The maximum Gasteiger partial charge on any atom is 0.150 e. The summed E-state index contributed by atoms with van der Waals surface area (Å²) in [6.07, 6.45) is 6.59. The molecule has 13 heavy (non-hydrogen) atoms. The van der Waals surface area contributed by atoms with E-state index in [1.54, 1.807) is 0 Å². The molecule has 1 unspecified atom stereocenters. The third-order valence-corrected chi connectivity index (χ3v) is 4.01. The predicted molar refractivity (Wildman–Crippen MR) is 53.1 cm³/mol. The van der Waals surface area contributed by atoms with E-state index < -0.39 is 9.84 Å². The monoisotopic (exact) mass is 201 g/mol. The van der Waals surface area contributed by atoms with Crippen molar-refractivity contribution in [2.75, 3.05) is 11.5 Å². The average molecular weight is 201 g/mol. The molecule has 1 rings (SSSR count). The first kappa shape index (κ1) is 10.6. The summed E-state index contributed by atoms with van der Waals surface area (Å²) in [5.74, 6) is 3.16. The van der Waals surface area contributed by atoms with Crippen LogP contribution in [0, 0.1) is 12.3 Å². The molecule has 0 spiro atoms. The summed E-state index contributed by atoms with van der Waals surface area (Å²) in [7, 11) is -2.75. The van der Waals surface area contributed by atoms with E-state index >= 15 is 0 Å². The van der Waals surface area contributed by atoms with E-state index in [1.165, 1.54) is 0 Å². The first-order valence-electron chi connectivity index (χ1n) is 4.46. The topological polar surface area (TPSA) is 46.2 Å². The lowest BCUT2D eigenvalue weighted by Gasteiger charge is -2.24. The molecule has 1 fully saturated rings. The maximum absolute atomic E-state index is 11.1. The third kappa shape index (κ3) is 3.37. The summed E-state index contributed by atoms with van der Waals surface area (Å²) in [5, 5.41) is 3.21. The minimum atomic E-state index is -2.75. The van der Waals surface area contributed by atoms with Crippen molar-refractivity contribution in [3.8, 4) is 12.3 Å². The Morgan fingerprint density at radius 1 is 1.46 bits per heavy atom. The molecule has 1 aliphatic rings. The van der Waals surface area contributed by atoms with Crippen molar-refractivity contribution >= 4 is 9.84 Å². The molecule has 0 radical (unpaired) electrons. The summed E-state index contributed by atoms with van der Waals surface area (Å²) in [5.41, 5.74) is 0. The van der Waals surface area contributed by atoms with E-state index in [0.717, 1.165) is 0 Å². The molecule has 74 valence electrons. The zero-order valence-corrected chi connectivity index (χ0v) is 8.60. The molecule has 1 saturated heterocycles. The van der Waals surface area contributed by atoms with Crippen LogP contribution in [0.2, 0.25) is 0 Å². The summed E-state index contributed by atoms with van der Waals surface area (Å²) in [4.78, 5) is 0. The zero-order chi connectivity index (χ0) is 9.90. The second-order valence-corrected chi connectivity index (χ2v) is 5.78. The van der Waals surface area contributed by atoms with Gasteiger partial charge in [0.05, 0.1) is 17.5 Å². The van der Waals surface area contributed by atoms with E-state index in [1.807, 2.05) is 6.92 Å². The molecular weight excluding hydrogens is 186 g/mol. The first-order valence-corrected chi connectivity index (χ1v) is 6.28. The Balaban J connectivity index is 2.39. The minimum Gasteiger partial charge on any atom is -0.301 e. The van der Waals surface area contributed by atoms with Crippen LogP contribution in [-0.4, -0.2) is 32.0 Å². The number of terminal acetylenes is 1. The van der Waals surface area contributed by atoms with Crippen molar-refractivity contribution in [3.63, 3.8) is 0 Å². The van der Waals surface area contributed by atoms with Gasteiger partial charge in [-0.1, -0.05) is 5.92 Å². The van der Waals surface area contributed by atoms with E-state index in [4.69, 9.17) is 6.42 Å². The van der Waals surface area contributed by atoms with Gasteiger partial charge in [-0.2, -0.15) is 0 Å². The molecular formula is C9H15NO2S. The summed E-state index contributed by atoms with van der Waals surface area (Å²) < 4.78 is 22.2. The predicted octanol–water partition coefficient (Wildman–Crippen LogP) is 0.175. The van der Waals surface area contributed by atoms with Crippen LogP contribution in [0.25, 0.3) is 0 Å². The van der Waals surface area contributed by atoms with Gasteiger partial charge in [0, 0.05) is 6.04 Å². The summed E-state index contributed by atoms with van der Waals surface area (Å²) in [6.45, 7) is 1.91. The van der Waals surface area contributed by atoms with Crippen LogP contribution in [0.4, 0.5) is 0 Å². The molecule has 0 aliphatic carbocycles. The highest BCUT2D eigenvalue weighted by atomic mass is 32.2. The lowest BCUT2D eigenvalue weighted by molar-refractivity contribution is 0.449. The van der Waals surface area contributed by atoms with Gasteiger partial charge < -0.3 is 5.32 Å². The molecule has 0 saturated carbocycles. The molecule has 1 atom stereocenters. The Hall–Kier alpha value is -0.530. The van der Waals surface area contributed by atoms with Crippen molar-refractivity contribution in [1.82, 2.24) is 5.32 Å². The van der Waals surface area contributed by atoms with Crippen molar-refractivity contribution < 1.29 is 8.42 Å². The molecule has 0 aromatic rings. The maximum atomic E-state index is 11.1. The molecule has 0 amide bonds. The number of rotatable bonds is 2. The first-order chi connectivity index (χ1) is 6.03. The number of nitrogens with one attached hydrogen (secondary N) is 1. The highest BCUT2D eigenvalue weighted by Gasteiger charge is 2.23. The van der Waals surface area contributed by atoms with Gasteiger partial charge in [-0.05, 0) is 19.8 Å². The fraction of sp³-hybridized carbons (Fsp3) is 0.778. The molecule has 0 aromatic heterocycles. The SMILES string of the molecule is C#CC(C)NC1CCS(=O)(=O)CC1. The Kier molecular flexibility index (Phi) is 3.34. The van der Waals surface area contributed by atoms with E-state index in [2.05, 4.69) is 11.2 Å². The van der Waals surface area contributed by atoms with Crippen LogP contribution in [0.15, 0.2) is 0 Å². The van der Waals surface area contributed by atoms with Crippen molar-refractivity contribution in [1.29, 1.82) is 0 Å². The lowest BCUT2D eigenvalue weighted by Crippen LogP contribution is -2.41. The molecule has 1 N–H and O–H groups in total. The largest absolute Gasteiger partial charge is 0.301 e. The molecule has 1 heterocycles. The molecule has 0 bridgehead atoms. The second kappa shape index (κ2) is 4.12. The smallest absolute Gasteiger partial charge is 0.150 e. The van der Waals surface area contributed by atoms with Crippen LogP contribution < -0.4 is 5.32 Å². The van der Waals surface area contributed by atoms with Gasteiger partial charge in [-0.25, -0.2) is 8.42 Å². The van der Waals surface area contributed by atoms with Gasteiger partial charge in [0.25, 0.3) is 0 Å². The molecule has 3 nitrogen and oxygen atoms in total. The second-order valence-electron chi connectivity index (χ2n) is 3.48. The lowest BCUT2D eigenvalue weighted by atomic mass is 10.1. The van der Waals surface area contributed by atoms with Crippen LogP contribution in [-0.2, 0) is 9.84 Å². The standard InChI is InChI=1S/C9H15NO2S/c1-3-8(2)10-9-4-6-13(11,12)7-5-9/h1,8-10H,4-7H2,2H3. The number of sulfone groups is 1. The third-order valence-electron chi connectivity index (χ3n) is 2.29. The van der Waals surface area contributed by atoms with Gasteiger partial charge >= 0.3 is 0 Å². The van der Waals surface area contributed by atoms with E-state index in [9.17, 15) is 8.42 Å². The van der Waals surface area contributed by atoms with Crippen LogP contribution in [0.5, 0.6) is 0 Å². The van der Waals surface area contributed by atoms with Gasteiger partial charge in [0.15, 0.2) is 0 Å². The van der Waals surface area contributed by atoms with E-state index in [0.29, 0.717) is 24.3 Å². The van der Waals surface area contributed by atoms with Crippen molar-refractivity contribution in [2.24, 2.45) is 0 Å². The summed E-state index contributed by atoms with van der Waals surface area (Å²) >= 11 is 0. The highest BCUT2D eigenvalue weighted by molar-refractivity contribution is 7.91. The Morgan fingerprint density at radius 2 is 2.00 bits per heavy atom. The van der Waals surface area contributed by atoms with Crippen molar-refractivity contribution in [3.05, 3.63) is 0 Å². The van der Waals surface area contributed by atoms with Gasteiger partial charge in [-0.3, -0.25) is 0 Å². The van der Waals surface area contributed by atoms with Crippen LogP contribution >= 0.6 is 0 Å². The fourth-order valence-corrected chi connectivity index (χ4v) is 2.95. The Labute approximate surface area is 79.8 Å². The number of hydrogen-bond donors (Lipinski definition) is 1. The normalized spacial score (nSPS) is 24.9. The summed E-state index contributed by atoms with van der Waals surface area (Å²) in [6, 6.07) is 0.306. The quantitative estimate of drug-likeness (QED) is 0.648.